The zero-order chi connectivity index (χ0) is 22.2. The van der Waals surface area contributed by atoms with Gasteiger partial charge in [0, 0.05) is 22.1 Å². The van der Waals surface area contributed by atoms with E-state index in [-0.39, 0.29) is 22.8 Å². The normalized spacial score (nSPS) is 20.7. The van der Waals surface area contributed by atoms with Crippen LogP contribution in [0.25, 0.3) is 10.8 Å². The topological polar surface area (TPSA) is 93.3 Å². The molecule has 1 amide bonds. The third kappa shape index (κ3) is 4.24. The van der Waals surface area contributed by atoms with Gasteiger partial charge in [0.25, 0.3) is 11.5 Å². The van der Waals surface area contributed by atoms with Crippen molar-refractivity contribution in [3.05, 3.63) is 70.1 Å². The van der Waals surface area contributed by atoms with E-state index in [1.165, 1.54) is 0 Å². The molecule has 7 nitrogen and oxygen atoms in total. The molecule has 1 fully saturated rings. The predicted molar refractivity (Wildman–Crippen MR) is 119 cm³/mol. The fourth-order valence-electron chi connectivity index (χ4n) is 4.20. The van der Waals surface area contributed by atoms with Crippen molar-refractivity contribution < 1.29 is 14.3 Å². The van der Waals surface area contributed by atoms with Crippen LogP contribution in [0.5, 0.6) is 0 Å². The van der Waals surface area contributed by atoms with E-state index >= 15 is 0 Å². The van der Waals surface area contributed by atoms with Crippen LogP contribution in [0.3, 0.4) is 0 Å². The summed E-state index contributed by atoms with van der Waals surface area (Å²) in [5.74, 6) is -0.0554. The van der Waals surface area contributed by atoms with E-state index in [0.29, 0.717) is 29.0 Å². The summed E-state index contributed by atoms with van der Waals surface area (Å²) in [4.78, 5) is 24.9. The number of anilines is 1. The van der Waals surface area contributed by atoms with Gasteiger partial charge in [-0.05, 0) is 24.1 Å². The number of nitrogens with one attached hydrogen (secondary N) is 2. The lowest BCUT2D eigenvalue weighted by molar-refractivity contribution is -0.274. The van der Waals surface area contributed by atoms with Gasteiger partial charge in [-0.15, -0.1) is 0 Å². The lowest BCUT2D eigenvalue weighted by atomic mass is 9.80. The van der Waals surface area contributed by atoms with Crippen molar-refractivity contribution in [2.75, 3.05) is 11.9 Å². The molecule has 162 valence electrons. The monoisotopic (exact) mass is 421 g/mol. The summed E-state index contributed by atoms with van der Waals surface area (Å²) < 4.78 is 12.3. The molecule has 0 aliphatic carbocycles. The van der Waals surface area contributed by atoms with E-state index in [4.69, 9.17) is 9.47 Å². The van der Waals surface area contributed by atoms with Gasteiger partial charge in [-0.3, -0.25) is 9.59 Å². The molecule has 0 spiro atoms. The van der Waals surface area contributed by atoms with Crippen LogP contribution in [0.4, 0.5) is 5.69 Å². The van der Waals surface area contributed by atoms with Crippen LogP contribution in [-0.4, -0.2) is 28.8 Å². The number of amides is 1. The highest BCUT2D eigenvalue weighted by Gasteiger charge is 2.40. The standard InChI is InChI=1S/C24H27N3O4/c1-14(2)20-24(3,4)13-30-23(31-20)15-8-7-9-16(12-15)25-22(29)19-17-10-5-6-11-18(17)21(28)27-26-19/h5-12,14,20,23H,13H2,1-4H3,(H,25,29)(H,27,28)/t20-,23-/m1/s1. The molecule has 2 N–H and O–H groups in total. The first-order chi connectivity index (χ1) is 14.8. The van der Waals surface area contributed by atoms with Gasteiger partial charge >= 0.3 is 0 Å². The molecule has 2 atom stereocenters. The number of ether oxygens (including phenoxy) is 2. The minimum atomic E-state index is -0.496. The third-order valence-corrected chi connectivity index (χ3v) is 5.58. The number of carbonyl (C=O) groups excluding carboxylic acids is 1. The molecule has 1 saturated heterocycles. The summed E-state index contributed by atoms with van der Waals surface area (Å²) in [6, 6.07) is 14.3. The molecule has 0 saturated carbocycles. The lowest BCUT2D eigenvalue weighted by Gasteiger charge is -2.44. The van der Waals surface area contributed by atoms with Gasteiger partial charge < -0.3 is 14.8 Å². The highest BCUT2D eigenvalue weighted by Crippen LogP contribution is 2.39. The maximum absolute atomic E-state index is 12.9. The number of carbonyl (C=O) groups is 1. The SMILES string of the molecule is CC(C)[C@H]1O[C@H](c2cccc(NC(=O)c3n[nH]c(=O)c4ccccc34)c2)OCC1(C)C. The number of hydrogen-bond acceptors (Lipinski definition) is 5. The Kier molecular flexibility index (Phi) is 5.64. The zero-order valence-corrected chi connectivity index (χ0v) is 18.1. The molecular weight excluding hydrogens is 394 g/mol. The quantitative estimate of drug-likeness (QED) is 0.656. The number of aromatic nitrogens is 2. The van der Waals surface area contributed by atoms with Crippen molar-refractivity contribution in [3.63, 3.8) is 0 Å². The smallest absolute Gasteiger partial charge is 0.276 e. The molecule has 0 unspecified atom stereocenters. The average Bonchev–Trinajstić information content (AvgIpc) is 2.74. The van der Waals surface area contributed by atoms with Crippen molar-refractivity contribution in [2.45, 2.75) is 40.1 Å². The molecule has 3 aromatic rings. The Morgan fingerprint density at radius 2 is 1.90 bits per heavy atom. The van der Waals surface area contributed by atoms with Gasteiger partial charge in [-0.1, -0.05) is 58.0 Å². The minimum absolute atomic E-state index is 0.0567. The Bertz CT molecular complexity index is 1170. The number of benzene rings is 2. The van der Waals surface area contributed by atoms with E-state index in [2.05, 4.69) is 43.2 Å². The van der Waals surface area contributed by atoms with Crippen LogP contribution in [0.15, 0.2) is 53.3 Å². The van der Waals surface area contributed by atoms with Crippen molar-refractivity contribution in [1.82, 2.24) is 10.2 Å². The molecule has 1 aliphatic heterocycles. The van der Waals surface area contributed by atoms with Gasteiger partial charge in [0.15, 0.2) is 12.0 Å². The van der Waals surface area contributed by atoms with Crippen LogP contribution in [0.2, 0.25) is 0 Å². The van der Waals surface area contributed by atoms with Crippen molar-refractivity contribution in [2.24, 2.45) is 11.3 Å². The van der Waals surface area contributed by atoms with Crippen LogP contribution < -0.4 is 10.9 Å². The predicted octanol–water partition coefficient (Wildman–Crippen LogP) is 4.27. The molecule has 1 aliphatic rings. The molecular formula is C24H27N3O4. The number of fused-ring (bicyclic) bond motifs is 1. The van der Waals surface area contributed by atoms with Crippen LogP contribution in [-0.2, 0) is 9.47 Å². The van der Waals surface area contributed by atoms with E-state index in [1.54, 1.807) is 30.3 Å². The Balaban J connectivity index is 1.57. The summed E-state index contributed by atoms with van der Waals surface area (Å²) in [6.07, 6.45) is -0.439. The molecule has 31 heavy (non-hydrogen) atoms. The van der Waals surface area contributed by atoms with Gasteiger partial charge in [0.05, 0.1) is 18.1 Å². The fraction of sp³-hybridized carbons (Fsp3) is 0.375. The average molecular weight is 421 g/mol. The Morgan fingerprint density at radius 1 is 1.16 bits per heavy atom. The highest BCUT2D eigenvalue weighted by molar-refractivity contribution is 6.11. The minimum Gasteiger partial charge on any atom is -0.348 e. The summed E-state index contributed by atoms with van der Waals surface area (Å²) >= 11 is 0. The molecule has 1 aromatic heterocycles. The van der Waals surface area contributed by atoms with Gasteiger partial charge in [-0.2, -0.15) is 5.10 Å². The molecule has 0 radical (unpaired) electrons. The lowest BCUT2D eigenvalue weighted by Crippen LogP contribution is -2.45. The van der Waals surface area contributed by atoms with Crippen molar-refractivity contribution in [3.8, 4) is 0 Å². The number of nitrogens with zero attached hydrogens (tertiary/aromatic N) is 1. The second kappa shape index (κ2) is 8.24. The third-order valence-electron chi connectivity index (χ3n) is 5.58. The largest absolute Gasteiger partial charge is 0.348 e. The maximum Gasteiger partial charge on any atom is 0.276 e. The molecule has 0 bridgehead atoms. The summed E-state index contributed by atoms with van der Waals surface area (Å²) in [5.41, 5.74) is 1.18. The van der Waals surface area contributed by atoms with E-state index < -0.39 is 12.2 Å². The second-order valence-corrected chi connectivity index (χ2v) is 8.96. The van der Waals surface area contributed by atoms with Crippen molar-refractivity contribution >= 4 is 22.4 Å². The Morgan fingerprint density at radius 3 is 2.65 bits per heavy atom. The second-order valence-electron chi connectivity index (χ2n) is 8.96. The molecule has 4 rings (SSSR count). The first kappa shape index (κ1) is 21.2. The number of aromatic amines is 1. The summed E-state index contributed by atoms with van der Waals surface area (Å²) in [5, 5.41) is 10.1. The summed E-state index contributed by atoms with van der Waals surface area (Å²) in [6.45, 7) is 9.17. The maximum atomic E-state index is 12.9. The molecule has 2 aromatic carbocycles. The van der Waals surface area contributed by atoms with Crippen LogP contribution in [0, 0.1) is 11.3 Å². The fourth-order valence-corrected chi connectivity index (χ4v) is 4.20. The Labute approximate surface area is 180 Å². The van der Waals surface area contributed by atoms with Crippen LogP contribution >= 0.6 is 0 Å². The van der Waals surface area contributed by atoms with E-state index in [1.807, 2.05) is 18.2 Å². The number of rotatable bonds is 4. The first-order valence-corrected chi connectivity index (χ1v) is 10.4. The summed E-state index contributed by atoms with van der Waals surface area (Å²) in [7, 11) is 0. The van der Waals surface area contributed by atoms with Crippen molar-refractivity contribution in [1.29, 1.82) is 0 Å². The van der Waals surface area contributed by atoms with Crippen LogP contribution in [0.1, 0.15) is 50.0 Å². The van der Waals surface area contributed by atoms with Gasteiger partial charge in [0.2, 0.25) is 0 Å². The van der Waals surface area contributed by atoms with Gasteiger partial charge in [0.1, 0.15) is 0 Å². The number of H-pyrrole nitrogens is 1. The highest BCUT2D eigenvalue weighted by atomic mass is 16.7. The van der Waals surface area contributed by atoms with Gasteiger partial charge in [-0.25, -0.2) is 5.10 Å². The first-order valence-electron chi connectivity index (χ1n) is 10.4. The molecule has 2 heterocycles. The Hall–Kier alpha value is -3.03. The van der Waals surface area contributed by atoms with E-state index in [0.717, 1.165) is 5.56 Å². The molecule has 7 heteroatoms. The zero-order valence-electron chi connectivity index (χ0n) is 18.1. The van der Waals surface area contributed by atoms with E-state index in [9.17, 15) is 9.59 Å². The number of hydrogen-bond donors (Lipinski definition) is 2.